The van der Waals surface area contributed by atoms with Crippen LogP contribution in [0.2, 0.25) is 0 Å². The molecule has 0 unspecified atom stereocenters. The Labute approximate surface area is 132 Å². The lowest BCUT2D eigenvalue weighted by molar-refractivity contribution is 0.103. The van der Waals surface area contributed by atoms with Crippen molar-refractivity contribution in [2.24, 2.45) is 0 Å². The van der Waals surface area contributed by atoms with Crippen molar-refractivity contribution in [1.29, 1.82) is 0 Å². The van der Waals surface area contributed by atoms with Gasteiger partial charge in [-0.3, -0.25) is 4.79 Å². The minimum atomic E-state index is -3.32. The van der Waals surface area contributed by atoms with Crippen LogP contribution >= 0.6 is 0 Å². The predicted molar refractivity (Wildman–Crippen MR) is 86.0 cm³/mol. The zero-order valence-electron chi connectivity index (χ0n) is 12.6. The first kappa shape index (κ1) is 15.4. The lowest BCUT2D eigenvalue weighted by atomic mass is 10.0. The van der Waals surface area contributed by atoms with Crippen molar-refractivity contribution >= 4 is 26.5 Å². The molecule has 0 radical (unpaired) electrons. The zero-order valence-corrected chi connectivity index (χ0v) is 13.4. The van der Waals surface area contributed by atoms with E-state index in [-0.39, 0.29) is 10.7 Å². The van der Waals surface area contributed by atoms with Crippen LogP contribution in [0.3, 0.4) is 0 Å². The number of sulfone groups is 1. The van der Waals surface area contributed by atoms with Gasteiger partial charge in [0.1, 0.15) is 5.82 Å². The van der Waals surface area contributed by atoms with Crippen LogP contribution < -0.4 is 0 Å². The molecule has 118 valence electrons. The van der Waals surface area contributed by atoms with Gasteiger partial charge in [-0.25, -0.2) is 12.8 Å². The summed E-state index contributed by atoms with van der Waals surface area (Å²) in [5, 5.41) is 0.643. The fourth-order valence-corrected chi connectivity index (χ4v) is 3.23. The molecule has 2 aromatic carbocycles. The van der Waals surface area contributed by atoms with Gasteiger partial charge >= 0.3 is 0 Å². The van der Waals surface area contributed by atoms with Crippen LogP contribution in [0.1, 0.15) is 21.6 Å². The van der Waals surface area contributed by atoms with Crippen LogP contribution in [0.4, 0.5) is 4.39 Å². The van der Waals surface area contributed by atoms with Gasteiger partial charge in [-0.05, 0) is 43.3 Å². The molecule has 0 spiro atoms. The molecule has 0 saturated heterocycles. The molecule has 0 aliphatic heterocycles. The summed E-state index contributed by atoms with van der Waals surface area (Å²) >= 11 is 0. The number of aromatic nitrogens is 1. The third-order valence-electron chi connectivity index (χ3n) is 3.72. The van der Waals surface area contributed by atoms with E-state index >= 15 is 0 Å². The maximum Gasteiger partial charge on any atom is 0.195 e. The highest BCUT2D eigenvalue weighted by atomic mass is 32.2. The van der Waals surface area contributed by atoms with E-state index in [2.05, 4.69) is 4.98 Å². The highest BCUT2D eigenvalue weighted by Gasteiger charge is 2.19. The number of fused-ring (bicyclic) bond motifs is 1. The smallest absolute Gasteiger partial charge is 0.195 e. The lowest BCUT2D eigenvalue weighted by Gasteiger charge is -2.02. The van der Waals surface area contributed by atoms with Crippen molar-refractivity contribution in [3.05, 3.63) is 65.1 Å². The molecule has 3 rings (SSSR count). The molecule has 0 aliphatic carbocycles. The van der Waals surface area contributed by atoms with Crippen molar-refractivity contribution in [3.8, 4) is 0 Å². The van der Waals surface area contributed by atoms with Crippen LogP contribution in [-0.2, 0) is 9.84 Å². The molecule has 0 amide bonds. The van der Waals surface area contributed by atoms with E-state index in [4.69, 9.17) is 0 Å². The summed E-state index contributed by atoms with van der Waals surface area (Å²) in [6.07, 6.45) is 1.13. The molecule has 6 heteroatoms. The average molecular weight is 331 g/mol. The summed E-state index contributed by atoms with van der Waals surface area (Å²) in [4.78, 5) is 15.9. The fraction of sp³-hybridized carbons (Fsp3) is 0.118. The third kappa shape index (κ3) is 2.77. The Kier molecular flexibility index (Phi) is 3.56. The van der Waals surface area contributed by atoms with E-state index in [1.54, 1.807) is 13.0 Å². The summed E-state index contributed by atoms with van der Waals surface area (Å²) in [6, 6.07) is 9.94. The largest absolute Gasteiger partial charge is 0.358 e. The Hall–Kier alpha value is -2.47. The number of aromatic amines is 1. The van der Waals surface area contributed by atoms with Crippen LogP contribution in [0.15, 0.2) is 47.4 Å². The minimum Gasteiger partial charge on any atom is -0.358 e. The van der Waals surface area contributed by atoms with Gasteiger partial charge in [-0.2, -0.15) is 0 Å². The number of nitrogens with one attached hydrogen (secondary N) is 1. The first-order valence-electron chi connectivity index (χ1n) is 6.90. The summed E-state index contributed by atoms with van der Waals surface area (Å²) in [6.45, 7) is 1.75. The number of carbonyl (C=O) groups excluding carboxylic acids is 1. The van der Waals surface area contributed by atoms with Crippen molar-refractivity contribution < 1.29 is 17.6 Å². The molecule has 1 aromatic heterocycles. The van der Waals surface area contributed by atoms with Crippen LogP contribution in [0.5, 0.6) is 0 Å². The van der Waals surface area contributed by atoms with Gasteiger partial charge in [0.05, 0.1) is 10.5 Å². The van der Waals surface area contributed by atoms with Crippen molar-refractivity contribution in [2.45, 2.75) is 11.8 Å². The van der Waals surface area contributed by atoms with Crippen molar-refractivity contribution in [3.63, 3.8) is 0 Å². The number of hydrogen-bond acceptors (Lipinski definition) is 3. The van der Waals surface area contributed by atoms with E-state index in [0.717, 1.165) is 6.26 Å². The minimum absolute atomic E-state index is 0.187. The number of ketones is 1. The Morgan fingerprint density at radius 2 is 1.74 bits per heavy atom. The summed E-state index contributed by atoms with van der Waals surface area (Å²) in [5.74, 6) is -0.643. The monoisotopic (exact) mass is 331 g/mol. The molecule has 3 aromatic rings. The van der Waals surface area contributed by atoms with Gasteiger partial charge in [0, 0.05) is 28.4 Å². The van der Waals surface area contributed by atoms with Crippen molar-refractivity contribution in [2.75, 3.05) is 6.26 Å². The maximum absolute atomic E-state index is 13.0. The van der Waals surface area contributed by atoms with E-state index in [1.165, 1.54) is 36.4 Å². The maximum atomic E-state index is 13.0. The Morgan fingerprint density at radius 1 is 1.09 bits per heavy atom. The molecule has 1 heterocycles. The molecule has 0 fully saturated rings. The van der Waals surface area contributed by atoms with E-state index in [0.29, 0.717) is 27.7 Å². The highest BCUT2D eigenvalue weighted by Crippen LogP contribution is 2.27. The second-order valence-corrected chi connectivity index (χ2v) is 7.46. The molecule has 0 aliphatic rings. The van der Waals surface area contributed by atoms with Crippen LogP contribution in [-0.4, -0.2) is 25.4 Å². The zero-order chi connectivity index (χ0) is 16.8. The van der Waals surface area contributed by atoms with Gasteiger partial charge in [-0.1, -0.05) is 6.07 Å². The second-order valence-electron chi connectivity index (χ2n) is 5.44. The van der Waals surface area contributed by atoms with E-state index in [9.17, 15) is 17.6 Å². The second kappa shape index (κ2) is 5.31. The molecule has 0 saturated carbocycles. The van der Waals surface area contributed by atoms with E-state index < -0.39 is 15.7 Å². The van der Waals surface area contributed by atoms with E-state index in [1.807, 2.05) is 0 Å². The SMILES string of the molecule is Cc1[nH]c2cc(S(C)(=O)=O)ccc2c1C(=O)c1ccc(F)cc1. The average Bonchev–Trinajstić information content (AvgIpc) is 2.81. The molecular formula is C17H14FNO3S. The summed E-state index contributed by atoms with van der Waals surface area (Å²) < 4.78 is 36.3. The summed E-state index contributed by atoms with van der Waals surface area (Å²) in [5.41, 5.74) is 2.06. The number of carbonyl (C=O) groups is 1. The van der Waals surface area contributed by atoms with Gasteiger partial charge in [0.25, 0.3) is 0 Å². The number of halogens is 1. The summed E-state index contributed by atoms with van der Waals surface area (Å²) in [7, 11) is -3.32. The molecule has 23 heavy (non-hydrogen) atoms. The first-order valence-corrected chi connectivity index (χ1v) is 8.79. The normalized spacial score (nSPS) is 11.8. The fourth-order valence-electron chi connectivity index (χ4n) is 2.58. The Bertz CT molecular complexity index is 1020. The van der Waals surface area contributed by atoms with Gasteiger partial charge in [0.15, 0.2) is 15.6 Å². The number of H-pyrrole nitrogens is 1. The molecule has 0 atom stereocenters. The van der Waals surface area contributed by atoms with Gasteiger partial charge in [-0.15, -0.1) is 0 Å². The quantitative estimate of drug-likeness (QED) is 0.749. The van der Waals surface area contributed by atoms with Crippen LogP contribution in [0, 0.1) is 12.7 Å². The standard InChI is InChI=1S/C17H14FNO3S/c1-10-16(17(20)11-3-5-12(18)6-4-11)14-8-7-13(23(2,21)22)9-15(14)19-10/h3-9,19H,1-2H3. The lowest BCUT2D eigenvalue weighted by Crippen LogP contribution is -2.02. The molecule has 1 N–H and O–H groups in total. The molecule has 4 nitrogen and oxygen atoms in total. The number of hydrogen-bond donors (Lipinski definition) is 1. The number of benzene rings is 2. The molecule has 0 bridgehead atoms. The predicted octanol–water partition coefficient (Wildman–Crippen LogP) is 3.25. The number of rotatable bonds is 3. The Morgan fingerprint density at radius 3 is 2.35 bits per heavy atom. The topological polar surface area (TPSA) is 67.0 Å². The Balaban J connectivity index is 2.16. The molecular weight excluding hydrogens is 317 g/mol. The third-order valence-corrected chi connectivity index (χ3v) is 4.83. The van der Waals surface area contributed by atoms with Gasteiger partial charge in [0.2, 0.25) is 0 Å². The number of aryl methyl sites for hydroxylation is 1. The van der Waals surface area contributed by atoms with Crippen molar-refractivity contribution in [1.82, 2.24) is 4.98 Å². The van der Waals surface area contributed by atoms with Gasteiger partial charge < -0.3 is 4.98 Å². The highest BCUT2D eigenvalue weighted by molar-refractivity contribution is 7.90. The first-order chi connectivity index (χ1) is 10.8. The van der Waals surface area contributed by atoms with Crippen LogP contribution in [0.25, 0.3) is 10.9 Å².